The zero-order valence-electron chi connectivity index (χ0n) is 77.7. The lowest BCUT2D eigenvalue weighted by molar-refractivity contribution is 1.15. The average molecular weight is 1890 g/mol. The standard InChI is InChI=1S/2C46H29N3S.C40H25N3S/c1-3-13-30(14-4-1)31-15-11-16-32(27-31)40-29-41(33-25-26-37-36-20-8-10-24-43(36)50-44(37)28-33)48-46(47-40)39-22-12-21-38-35-19-7-9-23-42(35)49(45(38)39)34-17-5-2-6-18-34;1-3-12-30(13-4-1)31-14-11-15-34(26-31)46-47-40(29-41(48-46)33-22-24-38-37-19-8-10-21-44(37)50-45(38)28-33)32-23-25-43-39(27-32)36-18-7-9-20-42(36)49(43)35-16-5-2-6-17-35;1-3-12-26(13-4-1)40-41-33(27-22-23-38-32(24-27)29-16-8-10-21-37(29)44-38)25-34(42-40)30-18-11-20-36-39(30)31-17-7-9-19-35(31)43(36)28-14-5-2-6-15-28/h2*1-29H;1-25H. The maximum Gasteiger partial charge on any atom is 0.162 e. The van der Waals surface area contributed by atoms with Gasteiger partial charge in [-0.05, 0) is 174 Å². The van der Waals surface area contributed by atoms with Crippen molar-refractivity contribution in [2.45, 2.75) is 0 Å². The molecule has 29 rings (SSSR count). The highest BCUT2D eigenvalue weighted by molar-refractivity contribution is 7.26. The van der Waals surface area contributed by atoms with Crippen molar-refractivity contribution >= 4 is 160 Å². The second-order valence-corrected chi connectivity index (χ2v) is 39.5. The summed E-state index contributed by atoms with van der Waals surface area (Å²) in [6, 6.07) is 179. The van der Waals surface area contributed by atoms with Crippen LogP contribution in [0.5, 0.6) is 0 Å². The number of para-hydroxylation sites is 7. The summed E-state index contributed by atoms with van der Waals surface area (Å²) in [4.78, 5) is 31.6. The molecule has 9 nitrogen and oxygen atoms in total. The van der Waals surface area contributed by atoms with Crippen LogP contribution in [-0.4, -0.2) is 43.6 Å². The third-order valence-corrected chi connectivity index (χ3v) is 31.1. The molecule has 0 bridgehead atoms. The lowest BCUT2D eigenvalue weighted by Gasteiger charge is -2.13. The first-order chi connectivity index (χ1) is 71.4. The first-order valence-corrected chi connectivity index (χ1v) is 50.9. The first-order valence-electron chi connectivity index (χ1n) is 48.4. The number of thiophene rings is 3. The molecule has 144 heavy (non-hydrogen) atoms. The highest BCUT2D eigenvalue weighted by Crippen LogP contribution is 2.47. The number of aromatic nitrogens is 9. The normalized spacial score (nSPS) is 11.6. The molecular weight excluding hydrogens is 1810 g/mol. The van der Waals surface area contributed by atoms with Gasteiger partial charge in [0.2, 0.25) is 0 Å². The quantitative estimate of drug-likeness (QED) is 0.108. The highest BCUT2D eigenvalue weighted by Gasteiger charge is 2.25. The van der Waals surface area contributed by atoms with Gasteiger partial charge in [0.25, 0.3) is 0 Å². The molecule has 0 saturated carbocycles. The van der Waals surface area contributed by atoms with E-state index in [0.717, 1.165) is 135 Å². The molecule has 9 aromatic heterocycles. The van der Waals surface area contributed by atoms with Crippen molar-refractivity contribution in [1.82, 2.24) is 43.6 Å². The topological polar surface area (TPSA) is 92.1 Å². The predicted molar refractivity (Wildman–Crippen MR) is 608 cm³/mol. The van der Waals surface area contributed by atoms with Gasteiger partial charge in [-0.3, -0.25) is 0 Å². The molecule has 0 aliphatic heterocycles. The third-order valence-electron chi connectivity index (χ3n) is 27.6. The van der Waals surface area contributed by atoms with Gasteiger partial charge in [-0.2, -0.15) is 0 Å². The van der Waals surface area contributed by atoms with E-state index in [1.54, 1.807) is 0 Å². The van der Waals surface area contributed by atoms with Crippen molar-refractivity contribution in [3.63, 3.8) is 0 Å². The van der Waals surface area contributed by atoms with Crippen LogP contribution >= 0.6 is 34.0 Å². The molecule has 20 aromatic carbocycles. The van der Waals surface area contributed by atoms with E-state index in [2.05, 4.69) is 493 Å². The molecule has 0 fully saturated rings. The number of fused-ring (bicyclic) bond motifs is 18. The van der Waals surface area contributed by atoms with Gasteiger partial charge in [0.05, 0.1) is 67.3 Å². The van der Waals surface area contributed by atoms with E-state index >= 15 is 0 Å². The van der Waals surface area contributed by atoms with Crippen LogP contribution < -0.4 is 0 Å². The fourth-order valence-electron chi connectivity index (χ4n) is 20.9. The van der Waals surface area contributed by atoms with Gasteiger partial charge in [0, 0.05) is 160 Å². The van der Waals surface area contributed by atoms with E-state index in [-0.39, 0.29) is 0 Å². The molecule has 0 atom stereocenters. The summed E-state index contributed by atoms with van der Waals surface area (Å²) in [5.74, 6) is 2.13. The molecule has 0 N–H and O–H groups in total. The molecule has 0 spiro atoms. The van der Waals surface area contributed by atoms with Crippen LogP contribution in [0.1, 0.15) is 0 Å². The Bertz CT molecular complexity index is 10000. The Morgan fingerprint density at radius 2 is 0.458 bits per heavy atom. The molecule has 12 heteroatoms. The van der Waals surface area contributed by atoms with E-state index in [4.69, 9.17) is 29.9 Å². The van der Waals surface area contributed by atoms with E-state index in [1.807, 2.05) is 58.3 Å². The third kappa shape index (κ3) is 15.4. The molecule has 29 aromatic rings. The van der Waals surface area contributed by atoms with Gasteiger partial charge in [-0.1, -0.05) is 352 Å². The molecule has 0 amide bonds. The summed E-state index contributed by atoms with van der Waals surface area (Å²) in [6.45, 7) is 0. The van der Waals surface area contributed by atoms with Crippen LogP contribution in [0.15, 0.2) is 504 Å². The molecule has 0 aliphatic carbocycles. The predicted octanol–water partition coefficient (Wildman–Crippen LogP) is 36.2. The van der Waals surface area contributed by atoms with Crippen molar-refractivity contribution in [2.24, 2.45) is 0 Å². The molecular formula is C132H83N9S3. The first kappa shape index (κ1) is 84.9. The van der Waals surface area contributed by atoms with Crippen LogP contribution in [0.25, 0.3) is 267 Å². The minimum Gasteiger partial charge on any atom is -0.309 e. The van der Waals surface area contributed by atoms with E-state index in [0.29, 0.717) is 11.6 Å². The zero-order valence-corrected chi connectivity index (χ0v) is 80.1. The van der Waals surface area contributed by atoms with Crippen molar-refractivity contribution in [3.8, 4) is 141 Å². The minimum absolute atomic E-state index is 0.699. The van der Waals surface area contributed by atoms with Gasteiger partial charge >= 0.3 is 0 Å². The van der Waals surface area contributed by atoms with Crippen LogP contribution in [-0.2, 0) is 0 Å². The monoisotopic (exact) mass is 1890 g/mol. The maximum absolute atomic E-state index is 5.38. The molecule has 0 radical (unpaired) electrons. The molecule has 0 unspecified atom stereocenters. The Morgan fingerprint density at radius 1 is 0.146 bits per heavy atom. The lowest BCUT2D eigenvalue weighted by atomic mass is 10.00. The smallest absolute Gasteiger partial charge is 0.162 e. The Balaban J connectivity index is 0.000000108. The van der Waals surface area contributed by atoms with E-state index in [1.165, 1.54) is 121 Å². The summed E-state index contributed by atoms with van der Waals surface area (Å²) in [5, 5.41) is 14.9. The summed E-state index contributed by atoms with van der Waals surface area (Å²) in [5.41, 5.74) is 29.8. The van der Waals surface area contributed by atoms with Gasteiger partial charge in [-0.15, -0.1) is 34.0 Å². The van der Waals surface area contributed by atoms with Crippen molar-refractivity contribution in [1.29, 1.82) is 0 Å². The van der Waals surface area contributed by atoms with Gasteiger partial charge in [-0.25, -0.2) is 29.9 Å². The van der Waals surface area contributed by atoms with Crippen molar-refractivity contribution in [2.75, 3.05) is 0 Å². The Kier molecular flexibility index (Phi) is 21.3. The fraction of sp³-hybridized carbons (Fsp3) is 0. The lowest BCUT2D eigenvalue weighted by Crippen LogP contribution is -1.99. The van der Waals surface area contributed by atoms with Gasteiger partial charge < -0.3 is 13.7 Å². The molecule has 9 heterocycles. The van der Waals surface area contributed by atoms with Crippen LogP contribution in [0, 0.1) is 0 Å². The van der Waals surface area contributed by atoms with Gasteiger partial charge in [0.15, 0.2) is 17.5 Å². The molecule has 0 aliphatic rings. The largest absolute Gasteiger partial charge is 0.309 e. The Labute approximate surface area is 841 Å². The highest BCUT2D eigenvalue weighted by atomic mass is 32.1. The Hall–Kier alpha value is -18.3. The Morgan fingerprint density at radius 3 is 1.01 bits per heavy atom. The molecule has 674 valence electrons. The number of hydrogen-bond acceptors (Lipinski definition) is 9. The molecule has 0 saturated heterocycles. The second-order valence-electron chi connectivity index (χ2n) is 36.3. The summed E-state index contributed by atoms with van der Waals surface area (Å²) < 4.78 is 14.7. The maximum atomic E-state index is 5.38. The zero-order chi connectivity index (χ0) is 95.1. The SMILES string of the molecule is c1ccc(-c2cccc(-c3cc(-c4ccc5c(c4)sc4ccccc45)nc(-c4cccc5c6ccccc6n(-c6ccccc6)c45)n3)c2)cc1.c1ccc(-c2cccc(-c3nc(-c4ccc5c(c4)sc4ccccc45)cc(-c4ccc5c(c4)c4ccccc4n5-c4ccccc4)n3)c2)cc1.c1ccc(-c2nc(-c3ccc4sc5ccccc5c4c3)cc(-c3cccc4c3c3ccccc3n4-c3ccccc3)n2)cc1. The number of nitrogens with zero attached hydrogens (tertiary/aromatic N) is 9. The van der Waals surface area contributed by atoms with Crippen molar-refractivity contribution in [3.05, 3.63) is 504 Å². The number of rotatable bonds is 14. The van der Waals surface area contributed by atoms with E-state index < -0.39 is 0 Å². The van der Waals surface area contributed by atoms with Crippen molar-refractivity contribution < 1.29 is 0 Å². The second kappa shape index (κ2) is 36.2. The average Bonchev–Trinajstić information content (AvgIpc) is 1.58. The van der Waals surface area contributed by atoms with E-state index in [9.17, 15) is 0 Å². The summed E-state index contributed by atoms with van der Waals surface area (Å²) >= 11 is 5.49. The minimum atomic E-state index is 0.699. The fourth-order valence-corrected chi connectivity index (χ4v) is 24.3. The van der Waals surface area contributed by atoms with Crippen LogP contribution in [0.4, 0.5) is 0 Å². The number of hydrogen-bond donors (Lipinski definition) is 0. The summed E-state index contributed by atoms with van der Waals surface area (Å²) in [7, 11) is 0. The number of benzene rings is 20. The van der Waals surface area contributed by atoms with Gasteiger partial charge in [0.1, 0.15) is 0 Å². The van der Waals surface area contributed by atoms with Crippen LogP contribution in [0.3, 0.4) is 0 Å². The summed E-state index contributed by atoms with van der Waals surface area (Å²) in [6.07, 6.45) is 0. The van der Waals surface area contributed by atoms with Crippen LogP contribution in [0.2, 0.25) is 0 Å².